The fourth-order valence-electron chi connectivity index (χ4n) is 2.70. The fourth-order valence-corrected chi connectivity index (χ4v) is 2.70. The zero-order valence-corrected chi connectivity index (χ0v) is 13.3. The van der Waals surface area contributed by atoms with Crippen LogP contribution in [0.5, 0.6) is 0 Å². The van der Waals surface area contributed by atoms with Crippen LogP contribution in [0, 0.1) is 0 Å². The Bertz CT molecular complexity index is 741. The van der Waals surface area contributed by atoms with Gasteiger partial charge in [-0.2, -0.15) is 0 Å². The normalized spacial score (nSPS) is 17.2. The topological polar surface area (TPSA) is 97.5 Å². The number of hydrogen-bond donors (Lipinski definition) is 1. The zero-order chi connectivity index (χ0) is 17.1. The van der Waals surface area contributed by atoms with Crippen LogP contribution in [0.15, 0.2) is 30.5 Å². The van der Waals surface area contributed by atoms with Crippen LogP contribution < -0.4 is 0 Å². The van der Waals surface area contributed by atoms with Crippen LogP contribution in [-0.4, -0.2) is 63.2 Å². The summed E-state index contributed by atoms with van der Waals surface area (Å²) in [4.78, 5) is 24.9. The number of methoxy groups -OCH3 is 1. The third-order valence-electron chi connectivity index (χ3n) is 4.02. The summed E-state index contributed by atoms with van der Waals surface area (Å²) in [6.07, 6.45) is 2.35. The fraction of sp³-hybridized carbons (Fsp3) is 0.375. The van der Waals surface area contributed by atoms with Gasteiger partial charge in [0.1, 0.15) is 0 Å². The van der Waals surface area contributed by atoms with Gasteiger partial charge in [0.15, 0.2) is 0 Å². The number of amides is 1. The first-order chi connectivity index (χ1) is 11.6. The smallest absolute Gasteiger partial charge is 0.309 e. The molecule has 0 aliphatic carbocycles. The van der Waals surface area contributed by atoms with Gasteiger partial charge in [0.05, 0.1) is 30.1 Å². The molecule has 8 heteroatoms. The maximum atomic E-state index is 12.5. The average molecular weight is 330 g/mol. The molecule has 0 saturated carbocycles. The number of aromatic nitrogens is 3. The van der Waals surface area contributed by atoms with E-state index in [1.165, 1.54) is 4.68 Å². The molecule has 1 fully saturated rings. The molecule has 1 aliphatic rings. The highest BCUT2D eigenvalue weighted by molar-refractivity contribution is 5.94. The van der Waals surface area contributed by atoms with Gasteiger partial charge in [-0.05, 0) is 30.7 Å². The van der Waals surface area contributed by atoms with E-state index in [0.29, 0.717) is 30.0 Å². The Morgan fingerprint density at radius 2 is 2.08 bits per heavy atom. The number of nitrogens with zero attached hydrogens (tertiary/aromatic N) is 4. The molecule has 3 rings (SSSR count). The van der Waals surface area contributed by atoms with Crippen LogP contribution in [0.3, 0.4) is 0 Å². The second kappa shape index (κ2) is 6.79. The predicted molar refractivity (Wildman–Crippen MR) is 84.0 cm³/mol. The summed E-state index contributed by atoms with van der Waals surface area (Å²) in [5, 5.41) is 16.5. The van der Waals surface area contributed by atoms with Gasteiger partial charge in [0.2, 0.25) is 0 Å². The van der Waals surface area contributed by atoms with Gasteiger partial charge in [0, 0.05) is 25.8 Å². The van der Waals surface area contributed by atoms with Crippen LogP contribution in [0.4, 0.5) is 0 Å². The highest BCUT2D eigenvalue weighted by atomic mass is 16.5. The Labute approximate surface area is 138 Å². The molecule has 1 aromatic heterocycles. The van der Waals surface area contributed by atoms with Crippen LogP contribution in [-0.2, 0) is 16.0 Å². The summed E-state index contributed by atoms with van der Waals surface area (Å²) in [6.45, 7) is 1.30. The molecule has 1 saturated heterocycles. The van der Waals surface area contributed by atoms with Crippen LogP contribution in [0.1, 0.15) is 22.5 Å². The maximum absolute atomic E-state index is 12.5. The van der Waals surface area contributed by atoms with E-state index in [1.807, 2.05) is 0 Å². The van der Waals surface area contributed by atoms with Crippen molar-refractivity contribution in [2.45, 2.75) is 18.9 Å². The highest BCUT2D eigenvalue weighted by Gasteiger charge is 2.26. The van der Waals surface area contributed by atoms with Gasteiger partial charge in [-0.3, -0.25) is 9.59 Å². The molecule has 0 unspecified atom stereocenters. The third kappa shape index (κ3) is 3.43. The summed E-state index contributed by atoms with van der Waals surface area (Å²) in [5.74, 6) is -0.978. The molecule has 0 radical (unpaired) electrons. The number of carbonyl (C=O) groups is 2. The molecule has 126 valence electrons. The molecule has 8 nitrogen and oxygen atoms in total. The Hall–Kier alpha value is -2.74. The van der Waals surface area contributed by atoms with E-state index in [2.05, 4.69) is 10.3 Å². The van der Waals surface area contributed by atoms with Crippen LogP contribution in [0.2, 0.25) is 0 Å². The van der Waals surface area contributed by atoms with Crippen molar-refractivity contribution in [2.75, 3.05) is 20.2 Å². The van der Waals surface area contributed by atoms with Gasteiger partial charge < -0.3 is 14.7 Å². The number of carboxylic acids is 1. The van der Waals surface area contributed by atoms with Crippen LogP contribution >= 0.6 is 0 Å². The van der Waals surface area contributed by atoms with E-state index in [9.17, 15) is 9.59 Å². The van der Waals surface area contributed by atoms with E-state index < -0.39 is 5.97 Å². The quantitative estimate of drug-likeness (QED) is 0.869. The Balaban J connectivity index is 1.70. The van der Waals surface area contributed by atoms with E-state index in [-0.39, 0.29) is 18.4 Å². The van der Waals surface area contributed by atoms with Crippen molar-refractivity contribution >= 4 is 11.9 Å². The Kier molecular flexibility index (Phi) is 4.57. The van der Waals surface area contributed by atoms with Crippen molar-refractivity contribution in [1.82, 2.24) is 19.9 Å². The number of hydrogen-bond acceptors (Lipinski definition) is 5. The third-order valence-corrected chi connectivity index (χ3v) is 4.02. The van der Waals surface area contributed by atoms with Crippen molar-refractivity contribution < 1.29 is 19.4 Å². The molecule has 2 aromatic rings. The molecule has 1 aromatic carbocycles. The molecule has 1 atom stereocenters. The summed E-state index contributed by atoms with van der Waals surface area (Å²) in [5.41, 5.74) is 1.69. The molecule has 1 amide bonds. The number of carboxylic acid groups (broad SMARTS) is 1. The van der Waals surface area contributed by atoms with Crippen molar-refractivity contribution in [3.63, 3.8) is 0 Å². The minimum Gasteiger partial charge on any atom is -0.481 e. The van der Waals surface area contributed by atoms with E-state index in [4.69, 9.17) is 9.84 Å². The molecular formula is C16H18N4O4. The Morgan fingerprint density at radius 3 is 2.71 bits per heavy atom. The number of aliphatic carboxylic acids is 1. The minimum atomic E-state index is -0.956. The lowest BCUT2D eigenvalue weighted by Crippen LogP contribution is -2.29. The van der Waals surface area contributed by atoms with Crippen molar-refractivity contribution in [3.8, 4) is 5.69 Å². The maximum Gasteiger partial charge on any atom is 0.309 e. The van der Waals surface area contributed by atoms with Crippen molar-refractivity contribution in [2.24, 2.45) is 0 Å². The van der Waals surface area contributed by atoms with Gasteiger partial charge in [-0.25, -0.2) is 4.68 Å². The monoisotopic (exact) mass is 330 g/mol. The standard InChI is InChI=1S/C16H18N4O4/c1-24-14-6-7-19(10-14)16(23)11-2-4-13(5-3-11)20-9-12(17-18-20)8-15(21)22/h2-5,9,14H,6-8,10H2,1H3,(H,21,22)/t14-/m1/s1. The van der Waals surface area contributed by atoms with Gasteiger partial charge in [-0.15, -0.1) is 5.10 Å². The SMILES string of the molecule is CO[C@@H]1CCN(C(=O)c2ccc(-n3cc(CC(=O)O)nn3)cc2)C1. The molecule has 2 heterocycles. The number of rotatable bonds is 5. The molecule has 0 spiro atoms. The molecule has 0 bridgehead atoms. The van der Waals surface area contributed by atoms with E-state index in [1.54, 1.807) is 42.5 Å². The van der Waals surface area contributed by atoms with E-state index in [0.717, 1.165) is 6.42 Å². The first kappa shape index (κ1) is 16.1. The highest BCUT2D eigenvalue weighted by Crippen LogP contribution is 2.17. The second-order valence-corrected chi connectivity index (χ2v) is 5.67. The predicted octanol–water partition coefficient (Wildman–Crippen LogP) is 0.755. The van der Waals surface area contributed by atoms with Gasteiger partial charge in [0.25, 0.3) is 5.91 Å². The van der Waals surface area contributed by atoms with Gasteiger partial charge >= 0.3 is 5.97 Å². The number of benzene rings is 1. The summed E-state index contributed by atoms with van der Waals surface area (Å²) in [7, 11) is 1.66. The molecule has 24 heavy (non-hydrogen) atoms. The lowest BCUT2D eigenvalue weighted by Gasteiger charge is -2.16. The number of carbonyl (C=O) groups excluding carboxylic acids is 1. The summed E-state index contributed by atoms with van der Waals surface area (Å²) >= 11 is 0. The zero-order valence-electron chi connectivity index (χ0n) is 13.3. The molecular weight excluding hydrogens is 312 g/mol. The number of likely N-dealkylation sites (tertiary alicyclic amines) is 1. The molecule has 1 N–H and O–H groups in total. The summed E-state index contributed by atoms with van der Waals surface area (Å²) < 4.78 is 6.77. The molecule has 1 aliphatic heterocycles. The minimum absolute atomic E-state index is 0.0220. The van der Waals surface area contributed by atoms with Crippen molar-refractivity contribution in [3.05, 3.63) is 41.7 Å². The second-order valence-electron chi connectivity index (χ2n) is 5.67. The average Bonchev–Trinajstić information content (AvgIpc) is 3.23. The lowest BCUT2D eigenvalue weighted by atomic mass is 10.2. The largest absolute Gasteiger partial charge is 0.481 e. The Morgan fingerprint density at radius 1 is 1.33 bits per heavy atom. The van der Waals surface area contributed by atoms with E-state index >= 15 is 0 Å². The first-order valence-electron chi connectivity index (χ1n) is 7.62. The van der Waals surface area contributed by atoms with Crippen molar-refractivity contribution in [1.29, 1.82) is 0 Å². The van der Waals surface area contributed by atoms with Crippen LogP contribution in [0.25, 0.3) is 5.69 Å². The number of ether oxygens (including phenoxy) is 1. The lowest BCUT2D eigenvalue weighted by molar-refractivity contribution is -0.136. The first-order valence-corrected chi connectivity index (χ1v) is 7.62. The summed E-state index contributed by atoms with van der Waals surface area (Å²) in [6, 6.07) is 6.99. The van der Waals surface area contributed by atoms with Gasteiger partial charge in [-0.1, -0.05) is 5.21 Å².